The summed E-state index contributed by atoms with van der Waals surface area (Å²) in [5.41, 5.74) is 9.40. The van der Waals surface area contributed by atoms with Crippen LogP contribution >= 0.6 is 0 Å². The molecule has 4 rings (SSSR count). The highest BCUT2D eigenvalue weighted by Gasteiger charge is 2.20. The highest BCUT2D eigenvalue weighted by atomic mass is 16.5. The molecule has 0 amide bonds. The first kappa shape index (κ1) is 15.2. The standard InChI is InChI=1S/C18H23N5O/c1-13-10-17(21-18(19)20-13)23-7-5-22(6-8-23)12-14-2-3-16-15(11-14)4-9-24-16/h2-3,10-11H,4-9,12H2,1H3,(H2,19,20,21). The van der Waals surface area contributed by atoms with E-state index in [2.05, 4.69) is 38.0 Å². The number of nitrogens with two attached hydrogens (primary N) is 1. The van der Waals surface area contributed by atoms with Gasteiger partial charge in [-0.3, -0.25) is 4.90 Å². The molecule has 6 nitrogen and oxygen atoms in total. The predicted octanol–water partition coefficient (Wildman–Crippen LogP) is 1.62. The number of nitrogens with zero attached hydrogens (tertiary/aromatic N) is 4. The lowest BCUT2D eigenvalue weighted by Crippen LogP contribution is -2.46. The first-order chi connectivity index (χ1) is 11.7. The van der Waals surface area contributed by atoms with Gasteiger partial charge in [0.15, 0.2) is 0 Å². The van der Waals surface area contributed by atoms with Gasteiger partial charge in [0, 0.05) is 50.9 Å². The van der Waals surface area contributed by atoms with Crippen molar-refractivity contribution in [1.29, 1.82) is 0 Å². The summed E-state index contributed by atoms with van der Waals surface area (Å²) >= 11 is 0. The van der Waals surface area contributed by atoms with Crippen molar-refractivity contribution in [3.05, 3.63) is 41.1 Å². The fourth-order valence-corrected chi connectivity index (χ4v) is 3.47. The van der Waals surface area contributed by atoms with Crippen LogP contribution in [0.15, 0.2) is 24.3 Å². The van der Waals surface area contributed by atoms with Crippen LogP contribution in [0.25, 0.3) is 0 Å². The van der Waals surface area contributed by atoms with Crippen LogP contribution in [0.3, 0.4) is 0 Å². The lowest BCUT2D eigenvalue weighted by Gasteiger charge is -2.35. The second-order valence-corrected chi connectivity index (χ2v) is 6.53. The van der Waals surface area contributed by atoms with Gasteiger partial charge in [-0.25, -0.2) is 4.98 Å². The minimum atomic E-state index is 0.354. The number of hydrogen-bond donors (Lipinski definition) is 1. The van der Waals surface area contributed by atoms with Crippen molar-refractivity contribution in [1.82, 2.24) is 14.9 Å². The first-order valence-corrected chi connectivity index (χ1v) is 8.50. The zero-order valence-corrected chi connectivity index (χ0v) is 14.0. The molecule has 0 bridgehead atoms. The van der Waals surface area contributed by atoms with Crippen LogP contribution in [0.1, 0.15) is 16.8 Å². The molecule has 0 aliphatic carbocycles. The summed E-state index contributed by atoms with van der Waals surface area (Å²) in [6.45, 7) is 7.74. The number of aryl methyl sites for hydroxylation is 1. The van der Waals surface area contributed by atoms with Gasteiger partial charge in [-0.1, -0.05) is 12.1 Å². The molecular weight excluding hydrogens is 302 g/mol. The van der Waals surface area contributed by atoms with Crippen molar-refractivity contribution in [3.8, 4) is 5.75 Å². The van der Waals surface area contributed by atoms with E-state index in [1.807, 2.05) is 13.0 Å². The molecule has 2 aromatic rings. The summed E-state index contributed by atoms with van der Waals surface area (Å²) in [5, 5.41) is 0. The molecule has 1 aromatic heterocycles. The summed E-state index contributed by atoms with van der Waals surface area (Å²) in [4.78, 5) is 13.3. The number of ether oxygens (including phenoxy) is 1. The van der Waals surface area contributed by atoms with Crippen LogP contribution < -0.4 is 15.4 Å². The number of aromatic nitrogens is 2. The highest BCUT2D eigenvalue weighted by molar-refractivity contribution is 5.44. The van der Waals surface area contributed by atoms with Crippen molar-refractivity contribution in [2.75, 3.05) is 43.4 Å². The maximum Gasteiger partial charge on any atom is 0.222 e. The minimum Gasteiger partial charge on any atom is -0.493 e. The van der Waals surface area contributed by atoms with E-state index in [-0.39, 0.29) is 0 Å². The van der Waals surface area contributed by atoms with Gasteiger partial charge >= 0.3 is 0 Å². The van der Waals surface area contributed by atoms with Crippen molar-refractivity contribution in [3.63, 3.8) is 0 Å². The van der Waals surface area contributed by atoms with E-state index in [1.165, 1.54) is 11.1 Å². The molecule has 126 valence electrons. The average molecular weight is 325 g/mol. The van der Waals surface area contributed by atoms with Gasteiger partial charge in [-0.15, -0.1) is 0 Å². The summed E-state index contributed by atoms with van der Waals surface area (Å²) < 4.78 is 5.58. The SMILES string of the molecule is Cc1cc(N2CCN(Cc3ccc4c(c3)CCO4)CC2)nc(N)n1. The largest absolute Gasteiger partial charge is 0.493 e. The van der Waals surface area contributed by atoms with Crippen LogP contribution in [-0.2, 0) is 13.0 Å². The van der Waals surface area contributed by atoms with Gasteiger partial charge in [0.1, 0.15) is 11.6 Å². The van der Waals surface area contributed by atoms with Gasteiger partial charge in [0.05, 0.1) is 6.61 Å². The van der Waals surface area contributed by atoms with Crippen LogP contribution in [0, 0.1) is 6.92 Å². The number of benzene rings is 1. The van der Waals surface area contributed by atoms with E-state index in [0.717, 1.165) is 63.0 Å². The average Bonchev–Trinajstić information content (AvgIpc) is 3.02. The topological polar surface area (TPSA) is 67.5 Å². The molecular formula is C18H23N5O. The molecule has 3 heterocycles. The van der Waals surface area contributed by atoms with Crippen molar-refractivity contribution in [2.45, 2.75) is 19.9 Å². The van der Waals surface area contributed by atoms with E-state index in [9.17, 15) is 0 Å². The lowest BCUT2D eigenvalue weighted by atomic mass is 10.1. The molecule has 1 aromatic carbocycles. The Balaban J connectivity index is 1.37. The Bertz CT molecular complexity index is 720. The third-order valence-electron chi connectivity index (χ3n) is 4.71. The van der Waals surface area contributed by atoms with E-state index in [4.69, 9.17) is 10.5 Å². The Morgan fingerprint density at radius 1 is 1.12 bits per heavy atom. The molecule has 2 aliphatic heterocycles. The molecule has 1 saturated heterocycles. The molecule has 0 radical (unpaired) electrons. The van der Waals surface area contributed by atoms with E-state index >= 15 is 0 Å². The smallest absolute Gasteiger partial charge is 0.222 e. The zero-order valence-electron chi connectivity index (χ0n) is 14.0. The number of rotatable bonds is 3. The zero-order chi connectivity index (χ0) is 16.5. The molecule has 2 aliphatic rings. The number of nitrogen functional groups attached to an aromatic ring is 1. The second kappa shape index (κ2) is 6.28. The van der Waals surface area contributed by atoms with Crippen LogP contribution in [0.5, 0.6) is 5.75 Å². The Morgan fingerprint density at radius 3 is 2.75 bits per heavy atom. The number of anilines is 2. The molecule has 6 heteroatoms. The number of hydrogen-bond acceptors (Lipinski definition) is 6. The van der Waals surface area contributed by atoms with Gasteiger partial charge in [0.2, 0.25) is 5.95 Å². The maximum atomic E-state index is 5.77. The van der Waals surface area contributed by atoms with E-state index in [0.29, 0.717) is 5.95 Å². The Hall–Kier alpha value is -2.34. The Morgan fingerprint density at radius 2 is 1.96 bits per heavy atom. The maximum absolute atomic E-state index is 5.77. The normalized spacial score (nSPS) is 17.6. The Kier molecular flexibility index (Phi) is 3.98. The minimum absolute atomic E-state index is 0.354. The second-order valence-electron chi connectivity index (χ2n) is 6.53. The van der Waals surface area contributed by atoms with Gasteiger partial charge in [-0.05, 0) is 24.1 Å². The fraction of sp³-hybridized carbons (Fsp3) is 0.444. The highest BCUT2D eigenvalue weighted by Crippen LogP contribution is 2.26. The van der Waals surface area contributed by atoms with Crippen LogP contribution in [0.4, 0.5) is 11.8 Å². The van der Waals surface area contributed by atoms with E-state index in [1.54, 1.807) is 0 Å². The monoisotopic (exact) mass is 325 g/mol. The molecule has 0 atom stereocenters. The number of fused-ring (bicyclic) bond motifs is 1. The molecule has 1 fully saturated rings. The van der Waals surface area contributed by atoms with Gasteiger partial charge < -0.3 is 15.4 Å². The molecule has 24 heavy (non-hydrogen) atoms. The predicted molar refractivity (Wildman–Crippen MR) is 94.3 cm³/mol. The van der Waals surface area contributed by atoms with Crippen molar-refractivity contribution >= 4 is 11.8 Å². The van der Waals surface area contributed by atoms with Crippen LogP contribution in [-0.4, -0.2) is 47.7 Å². The molecule has 0 spiro atoms. The third kappa shape index (κ3) is 3.14. The summed E-state index contributed by atoms with van der Waals surface area (Å²) in [6, 6.07) is 8.60. The summed E-state index contributed by atoms with van der Waals surface area (Å²) in [5.74, 6) is 2.35. The fourth-order valence-electron chi connectivity index (χ4n) is 3.47. The molecule has 2 N–H and O–H groups in total. The van der Waals surface area contributed by atoms with Gasteiger partial charge in [-0.2, -0.15) is 4.98 Å². The van der Waals surface area contributed by atoms with Crippen molar-refractivity contribution in [2.24, 2.45) is 0 Å². The number of piperazine rings is 1. The van der Waals surface area contributed by atoms with Gasteiger partial charge in [0.25, 0.3) is 0 Å². The summed E-state index contributed by atoms with van der Waals surface area (Å²) in [7, 11) is 0. The third-order valence-corrected chi connectivity index (χ3v) is 4.71. The first-order valence-electron chi connectivity index (χ1n) is 8.50. The van der Waals surface area contributed by atoms with Crippen molar-refractivity contribution < 1.29 is 4.74 Å². The Labute approximate surface area is 142 Å². The molecule has 0 unspecified atom stereocenters. The van der Waals surface area contributed by atoms with Crippen LogP contribution in [0.2, 0.25) is 0 Å². The quantitative estimate of drug-likeness (QED) is 0.925. The molecule has 0 saturated carbocycles. The van der Waals surface area contributed by atoms with E-state index < -0.39 is 0 Å². The summed E-state index contributed by atoms with van der Waals surface area (Å²) in [6.07, 6.45) is 1.03. The lowest BCUT2D eigenvalue weighted by molar-refractivity contribution is 0.249.